The molecule has 2 aliphatic rings. The first kappa shape index (κ1) is 20.1. The van der Waals surface area contributed by atoms with Gasteiger partial charge in [0.1, 0.15) is 5.82 Å². The number of fused-ring (bicyclic) bond motifs is 1. The number of rotatable bonds is 3. The van der Waals surface area contributed by atoms with Gasteiger partial charge in [0.15, 0.2) is 0 Å². The summed E-state index contributed by atoms with van der Waals surface area (Å²) in [6.07, 6.45) is 2.32. The van der Waals surface area contributed by atoms with E-state index in [1.165, 1.54) is 4.90 Å². The predicted octanol–water partition coefficient (Wildman–Crippen LogP) is 2.21. The molecular formula is C20H18IN5O4. The van der Waals surface area contributed by atoms with E-state index in [2.05, 4.69) is 38.2 Å². The van der Waals surface area contributed by atoms with E-state index in [0.717, 1.165) is 9.39 Å². The molecule has 154 valence electrons. The zero-order valence-electron chi connectivity index (χ0n) is 15.8. The van der Waals surface area contributed by atoms with Crippen molar-refractivity contribution < 1.29 is 19.5 Å². The minimum Gasteiger partial charge on any atom is -0.465 e. The van der Waals surface area contributed by atoms with Crippen molar-refractivity contribution in [2.75, 3.05) is 36.4 Å². The van der Waals surface area contributed by atoms with Crippen LogP contribution in [0.25, 0.3) is 5.57 Å². The average molecular weight is 519 g/mol. The van der Waals surface area contributed by atoms with Crippen molar-refractivity contribution in [3.8, 4) is 0 Å². The van der Waals surface area contributed by atoms with Crippen molar-refractivity contribution in [3.05, 3.63) is 57.4 Å². The normalized spacial score (nSPS) is 17.6. The smallest absolute Gasteiger partial charge is 0.407 e. The molecule has 3 amide bonds. The van der Waals surface area contributed by atoms with E-state index < -0.39 is 17.9 Å². The van der Waals surface area contributed by atoms with Crippen LogP contribution in [0.15, 0.2) is 42.7 Å². The van der Waals surface area contributed by atoms with Gasteiger partial charge < -0.3 is 20.2 Å². The van der Waals surface area contributed by atoms with E-state index in [1.807, 2.05) is 23.1 Å². The van der Waals surface area contributed by atoms with Gasteiger partial charge in [-0.1, -0.05) is 0 Å². The van der Waals surface area contributed by atoms with Crippen molar-refractivity contribution in [2.24, 2.45) is 0 Å². The highest BCUT2D eigenvalue weighted by atomic mass is 127. The number of nitrogens with one attached hydrogen (secondary N) is 2. The molecule has 0 spiro atoms. The minimum absolute atomic E-state index is 0.372. The number of halogens is 1. The van der Waals surface area contributed by atoms with Gasteiger partial charge in [0, 0.05) is 47.1 Å². The molecule has 1 fully saturated rings. The van der Waals surface area contributed by atoms with Gasteiger partial charge in [-0.25, -0.2) is 9.78 Å². The molecule has 0 aliphatic carbocycles. The molecule has 0 saturated carbocycles. The summed E-state index contributed by atoms with van der Waals surface area (Å²) in [5.41, 5.74) is 2.10. The SMILES string of the molecule is O=C1NC(=O)c2ccc(I)cc2C1=CNc1ccc(N2CCN(C(=O)O)CC2)nc1. The van der Waals surface area contributed by atoms with Gasteiger partial charge in [-0.2, -0.15) is 0 Å². The topological polar surface area (TPSA) is 115 Å². The highest BCUT2D eigenvalue weighted by Gasteiger charge is 2.27. The van der Waals surface area contributed by atoms with Gasteiger partial charge in [0.05, 0.1) is 17.5 Å². The van der Waals surface area contributed by atoms with Gasteiger partial charge >= 0.3 is 6.09 Å². The number of carbonyl (C=O) groups excluding carboxylic acids is 2. The Hall–Kier alpha value is -3.15. The second kappa shape index (κ2) is 8.30. The van der Waals surface area contributed by atoms with Crippen LogP contribution in [0.3, 0.4) is 0 Å². The molecule has 0 radical (unpaired) electrons. The third-order valence-corrected chi connectivity index (χ3v) is 5.66. The first-order valence-electron chi connectivity index (χ1n) is 9.23. The van der Waals surface area contributed by atoms with Crippen LogP contribution in [0.5, 0.6) is 0 Å². The van der Waals surface area contributed by atoms with Crippen LogP contribution in [0, 0.1) is 3.57 Å². The molecule has 0 unspecified atom stereocenters. The Bertz CT molecular complexity index is 1050. The second-order valence-electron chi connectivity index (χ2n) is 6.84. The number of nitrogens with zero attached hydrogens (tertiary/aromatic N) is 3. The van der Waals surface area contributed by atoms with Crippen molar-refractivity contribution in [1.29, 1.82) is 0 Å². The molecule has 30 heavy (non-hydrogen) atoms. The summed E-state index contributed by atoms with van der Waals surface area (Å²) in [4.78, 5) is 43.2. The lowest BCUT2D eigenvalue weighted by Gasteiger charge is -2.33. The molecule has 9 nitrogen and oxygen atoms in total. The quantitative estimate of drug-likeness (QED) is 0.324. The third kappa shape index (κ3) is 4.08. The van der Waals surface area contributed by atoms with Crippen molar-refractivity contribution in [1.82, 2.24) is 15.2 Å². The van der Waals surface area contributed by atoms with E-state index >= 15 is 0 Å². The van der Waals surface area contributed by atoms with Gasteiger partial charge in [-0.3, -0.25) is 14.9 Å². The number of carbonyl (C=O) groups is 3. The molecule has 10 heteroatoms. The highest BCUT2D eigenvalue weighted by Crippen LogP contribution is 2.26. The lowest BCUT2D eigenvalue weighted by Crippen LogP contribution is -2.48. The lowest BCUT2D eigenvalue weighted by molar-refractivity contribution is -0.114. The molecule has 1 aromatic heterocycles. The first-order valence-corrected chi connectivity index (χ1v) is 10.3. The van der Waals surface area contributed by atoms with Crippen molar-refractivity contribution in [2.45, 2.75) is 0 Å². The Morgan fingerprint density at radius 3 is 2.53 bits per heavy atom. The average Bonchev–Trinajstić information content (AvgIpc) is 2.74. The van der Waals surface area contributed by atoms with E-state index in [0.29, 0.717) is 48.6 Å². The standard InChI is InChI=1S/C20H18IN5O4/c21-12-1-3-14-15(9-12)16(19(28)24-18(14)27)11-22-13-2-4-17(23-10-13)25-5-7-26(8-6-25)20(29)30/h1-4,9-11,22H,5-8H2,(H,29,30)(H,24,27,28). The molecule has 3 N–H and O–H groups in total. The number of hydrogen-bond donors (Lipinski definition) is 3. The molecule has 4 rings (SSSR count). The monoisotopic (exact) mass is 519 g/mol. The summed E-state index contributed by atoms with van der Waals surface area (Å²) in [5, 5.41) is 14.5. The number of piperazine rings is 1. The maximum absolute atomic E-state index is 12.3. The largest absolute Gasteiger partial charge is 0.465 e. The van der Waals surface area contributed by atoms with E-state index in [9.17, 15) is 14.4 Å². The zero-order valence-corrected chi connectivity index (χ0v) is 17.9. The Balaban J connectivity index is 1.48. The van der Waals surface area contributed by atoms with Crippen molar-refractivity contribution >= 4 is 57.6 Å². The molecule has 3 heterocycles. The van der Waals surface area contributed by atoms with Crippen LogP contribution in [-0.2, 0) is 4.79 Å². The number of pyridine rings is 1. The Morgan fingerprint density at radius 1 is 1.10 bits per heavy atom. The molecule has 1 saturated heterocycles. The number of anilines is 2. The molecule has 1 aromatic carbocycles. The Labute approximate surface area is 185 Å². The van der Waals surface area contributed by atoms with Gasteiger partial charge in [0.2, 0.25) is 0 Å². The maximum Gasteiger partial charge on any atom is 0.407 e. The van der Waals surface area contributed by atoms with Crippen LogP contribution in [0.4, 0.5) is 16.3 Å². The summed E-state index contributed by atoms with van der Waals surface area (Å²) < 4.78 is 0.925. The van der Waals surface area contributed by atoms with E-state index in [-0.39, 0.29) is 0 Å². The van der Waals surface area contributed by atoms with Crippen LogP contribution in [0.2, 0.25) is 0 Å². The second-order valence-corrected chi connectivity index (χ2v) is 8.08. The summed E-state index contributed by atoms with van der Waals surface area (Å²) >= 11 is 2.14. The van der Waals surface area contributed by atoms with Crippen LogP contribution >= 0.6 is 22.6 Å². The summed E-state index contributed by atoms with van der Waals surface area (Å²) in [7, 11) is 0. The zero-order chi connectivity index (χ0) is 21.3. The Morgan fingerprint density at radius 2 is 1.87 bits per heavy atom. The fourth-order valence-electron chi connectivity index (χ4n) is 3.38. The summed E-state index contributed by atoms with van der Waals surface area (Å²) in [6, 6.07) is 9.01. The fraction of sp³-hybridized carbons (Fsp3) is 0.200. The third-order valence-electron chi connectivity index (χ3n) is 4.99. The maximum atomic E-state index is 12.3. The highest BCUT2D eigenvalue weighted by molar-refractivity contribution is 14.1. The van der Waals surface area contributed by atoms with E-state index in [4.69, 9.17) is 5.11 Å². The number of aromatic nitrogens is 1. The number of benzene rings is 1. The van der Waals surface area contributed by atoms with E-state index in [1.54, 1.807) is 24.5 Å². The van der Waals surface area contributed by atoms with Crippen LogP contribution in [-0.4, -0.2) is 59.1 Å². The number of imide groups is 1. The van der Waals surface area contributed by atoms with Gasteiger partial charge in [0.25, 0.3) is 11.8 Å². The molecule has 2 aromatic rings. The lowest BCUT2D eigenvalue weighted by atomic mass is 9.96. The number of amides is 3. The van der Waals surface area contributed by atoms with Crippen LogP contribution < -0.4 is 15.5 Å². The number of carboxylic acid groups (broad SMARTS) is 1. The summed E-state index contributed by atoms with van der Waals surface area (Å²) in [6.45, 7) is 2.05. The first-order chi connectivity index (χ1) is 14.4. The number of hydrogen-bond acceptors (Lipinski definition) is 6. The molecule has 0 atom stereocenters. The molecular weight excluding hydrogens is 501 g/mol. The fourth-order valence-corrected chi connectivity index (χ4v) is 3.87. The molecule has 0 bridgehead atoms. The summed E-state index contributed by atoms with van der Waals surface area (Å²) in [5.74, 6) is -0.0976. The van der Waals surface area contributed by atoms with Gasteiger partial charge in [-0.05, 0) is 52.9 Å². The predicted molar refractivity (Wildman–Crippen MR) is 119 cm³/mol. The van der Waals surface area contributed by atoms with Crippen molar-refractivity contribution in [3.63, 3.8) is 0 Å². The van der Waals surface area contributed by atoms with Crippen LogP contribution in [0.1, 0.15) is 15.9 Å². The molecule has 2 aliphatic heterocycles. The minimum atomic E-state index is -0.903. The van der Waals surface area contributed by atoms with Gasteiger partial charge in [-0.15, -0.1) is 0 Å². The Kier molecular flexibility index (Phi) is 5.57.